The maximum atomic E-state index is 9.60. The molecule has 70 valence electrons. The van der Waals surface area contributed by atoms with Crippen LogP contribution < -0.4 is 0 Å². The van der Waals surface area contributed by atoms with Gasteiger partial charge < -0.3 is 5.11 Å². The highest BCUT2D eigenvalue weighted by molar-refractivity contribution is 5.27. The van der Waals surface area contributed by atoms with E-state index in [0.29, 0.717) is 0 Å². The first-order valence-corrected chi connectivity index (χ1v) is 4.98. The number of nitrogens with zero attached hydrogens (tertiary/aromatic N) is 1. The van der Waals surface area contributed by atoms with Crippen LogP contribution in [0.1, 0.15) is 42.8 Å². The van der Waals surface area contributed by atoms with E-state index in [1.54, 1.807) is 0 Å². The number of rotatable bonds is 2. The minimum absolute atomic E-state index is 0.383. The average molecular weight is 177 g/mol. The quantitative estimate of drug-likeness (QED) is 0.749. The van der Waals surface area contributed by atoms with Crippen LogP contribution in [0.25, 0.3) is 0 Å². The molecule has 13 heavy (non-hydrogen) atoms. The van der Waals surface area contributed by atoms with Gasteiger partial charge in [0.25, 0.3) is 0 Å². The molecule has 0 amide bonds. The molecule has 2 nitrogen and oxygen atoms in total. The number of aromatic nitrogens is 1. The Balaban J connectivity index is 2.30. The Hall–Kier alpha value is -0.890. The summed E-state index contributed by atoms with van der Waals surface area (Å²) in [6.07, 6.45) is 3.82. The summed E-state index contributed by atoms with van der Waals surface area (Å²) in [4.78, 5) is 4.47. The fraction of sp³-hybridized carbons (Fsp3) is 0.545. The summed E-state index contributed by atoms with van der Waals surface area (Å²) in [5.74, 6) is 0. The summed E-state index contributed by atoms with van der Waals surface area (Å²) in [6.45, 7) is 1.97. The lowest BCUT2D eigenvalue weighted by Crippen LogP contribution is -2.01. The smallest absolute Gasteiger partial charge is 0.0957 e. The predicted octanol–water partition coefficient (Wildman–Crippen LogP) is 2.01. The van der Waals surface area contributed by atoms with Crippen molar-refractivity contribution in [3.05, 3.63) is 29.1 Å². The first kappa shape index (κ1) is 8.70. The van der Waals surface area contributed by atoms with Gasteiger partial charge in [-0.25, -0.2) is 0 Å². The van der Waals surface area contributed by atoms with Crippen LogP contribution in [-0.2, 0) is 12.8 Å². The molecule has 1 heterocycles. The van der Waals surface area contributed by atoms with Gasteiger partial charge in [0.15, 0.2) is 0 Å². The van der Waals surface area contributed by atoms with Crippen molar-refractivity contribution in [3.8, 4) is 0 Å². The summed E-state index contributed by atoms with van der Waals surface area (Å²) in [5.41, 5.74) is 3.40. The van der Waals surface area contributed by atoms with E-state index >= 15 is 0 Å². The SMILES string of the molecule is CC[C@H](O)c1ccc2c(n1)CCC2. The molecule has 2 rings (SSSR count). The zero-order valence-electron chi connectivity index (χ0n) is 7.95. The van der Waals surface area contributed by atoms with E-state index in [9.17, 15) is 5.11 Å². The number of fused-ring (bicyclic) bond motifs is 1. The van der Waals surface area contributed by atoms with E-state index in [4.69, 9.17) is 0 Å². The maximum Gasteiger partial charge on any atom is 0.0957 e. The highest BCUT2D eigenvalue weighted by Crippen LogP contribution is 2.22. The molecular weight excluding hydrogens is 162 g/mol. The van der Waals surface area contributed by atoms with Gasteiger partial charge in [-0.15, -0.1) is 0 Å². The van der Waals surface area contributed by atoms with Crippen molar-refractivity contribution in [1.29, 1.82) is 0 Å². The van der Waals surface area contributed by atoms with E-state index in [2.05, 4.69) is 11.1 Å². The van der Waals surface area contributed by atoms with Crippen LogP contribution in [0.3, 0.4) is 0 Å². The Morgan fingerprint density at radius 2 is 2.31 bits per heavy atom. The third-order valence-electron chi connectivity index (χ3n) is 2.68. The normalized spacial score (nSPS) is 17.1. The van der Waals surface area contributed by atoms with Crippen molar-refractivity contribution in [2.75, 3.05) is 0 Å². The van der Waals surface area contributed by atoms with E-state index < -0.39 is 0 Å². The van der Waals surface area contributed by atoms with Gasteiger partial charge in [-0.3, -0.25) is 4.98 Å². The Bertz CT molecular complexity index is 309. The van der Waals surface area contributed by atoms with Crippen LogP contribution in [0.4, 0.5) is 0 Å². The van der Waals surface area contributed by atoms with Crippen LogP contribution in [0.5, 0.6) is 0 Å². The third-order valence-corrected chi connectivity index (χ3v) is 2.68. The number of aryl methyl sites for hydroxylation is 2. The zero-order valence-corrected chi connectivity index (χ0v) is 7.95. The summed E-state index contributed by atoms with van der Waals surface area (Å²) in [7, 11) is 0. The van der Waals surface area contributed by atoms with Crippen LogP contribution >= 0.6 is 0 Å². The van der Waals surface area contributed by atoms with Gasteiger partial charge in [0.05, 0.1) is 11.8 Å². The molecule has 0 saturated heterocycles. The van der Waals surface area contributed by atoms with Gasteiger partial charge in [-0.1, -0.05) is 13.0 Å². The molecule has 0 spiro atoms. The zero-order chi connectivity index (χ0) is 9.26. The number of hydrogen-bond acceptors (Lipinski definition) is 2. The summed E-state index contributed by atoms with van der Waals surface area (Å²) < 4.78 is 0. The predicted molar refractivity (Wildman–Crippen MR) is 51.5 cm³/mol. The lowest BCUT2D eigenvalue weighted by Gasteiger charge is -2.08. The van der Waals surface area contributed by atoms with E-state index in [-0.39, 0.29) is 6.10 Å². The molecule has 0 unspecified atom stereocenters. The fourth-order valence-electron chi connectivity index (χ4n) is 1.83. The van der Waals surface area contributed by atoms with Crippen molar-refractivity contribution < 1.29 is 5.11 Å². The molecule has 1 atom stereocenters. The molecule has 1 aliphatic carbocycles. The fourth-order valence-corrected chi connectivity index (χ4v) is 1.83. The Labute approximate surface area is 78.6 Å². The van der Waals surface area contributed by atoms with E-state index in [1.807, 2.05) is 13.0 Å². The molecule has 1 aromatic rings. The first-order valence-electron chi connectivity index (χ1n) is 4.98. The van der Waals surface area contributed by atoms with Gasteiger partial charge >= 0.3 is 0 Å². The molecule has 0 radical (unpaired) electrons. The molecule has 0 bridgehead atoms. The van der Waals surface area contributed by atoms with Crippen LogP contribution in [0.2, 0.25) is 0 Å². The molecule has 0 aliphatic heterocycles. The maximum absolute atomic E-state index is 9.60. The molecule has 0 saturated carbocycles. The Morgan fingerprint density at radius 3 is 3.08 bits per heavy atom. The van der Waals surface area contributed by atoms with E-state index in [0.717, 1.165) is 25.0 Å². The highest BCUT2D eigenvalue weighted by Gasteiger charge is 2.14. The molecule has 1 aliphatic rings. The van der Waals surface area contributed by atoms with Crippen molar-refractivity contribution in [1.82, 2.24) is 4.98 Å². The number of aliphatic hydroxyl groups excluding tert-OH is 1. The minimum atomic E-state index is -0.383. The van der Waals surface area contributed by atoms with E-state index in [1.165, 1.54) is 17.7 Å². The van der Waals surface area contributed by atoms with Gasteiger partial charge in [0.2, 0.25) is 0 Å². The van der Waals surface area contributed by atoms with Crippen LogP contribution in [-0.4, -0.2) is 10.1 Å². The van der Waals surface area contributed by atoms with Crippen LogP contribution in [0, 0.1) is 0 Å². The second-order valence-electron chi connectivity index (χ2n) is 3.62. The Kier molecular flexibility index (Phi) is 2.32. The number of aliphatic hydroxyl groups is 1. The topological polar surface area (TPSA) is 33.1 Å². The molecule has 2 heteroatoms. The molecule has 0 fully saturated rings. The summed E-state index contributed by atoms with van der Waals surface area (Å²) >= 11 is 0. The van der Waals surface area contributed by atoms with Gasteiger partial charge in [0.1, 0.15) is 0 Å². The van der Waals surface area contributed by atoms with Gasteiger partial charge in [-0.2, -0.15) is 0 Å². The molecular formula is C11H15NO. The summed E-state index contributed by atoms with van der Waals surface area (Å²) in [6, 6.07) is 4.07. The lowest BCUT2D eigenvalue weighted by molar-refractivity contribution is 0.168. The molecule has 0 aromatic carbocycles. The van der Waals surface area contributed by atoms with Crippen LogP contribution in [0.15, 0.2) is 12.1 Å². The minimum Gasteiger partial charge on any atom is -0.387 e. The standard InChI is InChI=1S/C11H15NO/c1-2-11(13)10-7-6-8-4-3-5-9(8)12-10/h6-7,11,13H,2-5H2,1H3/t11-/m0/s1. The first-order chi connectivity index (χ1) is 6.31. The number of pyridine rings is 1. The second-order valence-corrected chi connectivity index (χ2v) is 3.62. The van der Waals surface area contributed by atoms with Crippen molar-refractivity contribution in [2.45, 2.75) is 38.7 Å². The second kappa shape index (κ2) is 3.46. The number of hydrogen-bond donors (Lipinski definition) is 1. The highest BCUT2D eigenvalue weighted by atomic mass is 16.3. The van der Waals surface area contributed by atoms with Gasteiger partial charge in [0, 0.05) is 5.69 Å². The van der Waals surface area contributed by atoms with Crippen molar-refractivity contribution in [3.63, 3.8) is 0 Å². The third kappa shape index (κ3) is 1.59. The largest absolute Gasteiger partial charge is 0.387 e. The monoisotopic (exact) mass is 177 g/mol. The molecule has 1 aromatic heterocycles. The van der Waals surface area contributed by atoms with Crippen molar-refractivity contribution >= 4 is 0 Å². The van der Waals surface area contributed by atoms with Crippen molar-refractivity contribution in [2.24, 2.45) is 0 Å². The van der Waals surface area contributed by atoms with Gasteiger partial charge in [-0.05, 0) is 37.3 Å². The summed E-state index contributed by atoms with van der Waals surface area (Å²) in [5, 5.41) is 9.60. The lowest BCUT2D eigenvalue weighted by atomic mass is 10.1. The molecule has 1 N–H and O–H groups in total. The average Bonchev–Trinajstić information content (AvgIpc) is 2.63. The Morgan fingerprint density at radius 1 is 1.46 bits per heavy atom.